The predicted octanol–water partition coefficient (Wildman–Crippen LogP) is -5.63. The minimum absolute atomic E-state index is 0. The van der Waals surface area contributed by atoms with Gasteiger partial charge in [-0.3, -0.25) is 8.42 Å². The van der Waals surface area contributed by atoms with E-state index in [9.17, 15) is 0 Å². The SMILES string of the molecule is O=S(=O)([O-])[O-].[Al+3].[Al+3].[Cl-].[OH-].[OH-].[OH-]. The molecule has 0 aliphatic carbocycles. The van der Waals surface area contributed by atoms with Gasteiger partial charge < -0.3 is 37.9 Å². The van der Waals surface area contributed by atoms with E-state index in [1.165, 1.54) is 0 Å². The molecule has 11 heavy (non-hydrogen) atoms. The summed E-state index contributed by atoms with van der Waals surface area (Å²) in [5, 5.41) is 0. The van der Waals surface area contributed by atoms with Crippen molar-refractivity contribution >= 4 is 45.1 Å². The quantitative estimate of drug-likeness (QED) is 0.229. The van der Waals surface area contributed by atoms with Gasteiger partial charge in [0.2, 0.25) is 0 Å². The van der Waals surface area contributed by atoms with E-state index < -0.39 is 10.4 Å². The minimum atomic E-state index is -5.17. The first-order valence-corrected chi connectivity index (χ1v) is 2.00. The van der Waals surface area contributed by atoms with E-state index in [1.54, 1.807) is 0 Å². The van der Waals surface area contributed by atoms with Gasteiger partial charge in [-0.05, 0) is 0 Å². The molecule has 0 aromatic rings. The summed E-state index contributed by atoms with van der Waals surface area (Å²) < 4.78 is 34.1. The predicted molar refractivity (Wildman–Crippen MR) is 27.8 cm³/mol. The molecule has 0 unspecified atom stereocenters. The Balaban J connectivity index is -0.00000000533. The van der Waals surface area contributed by atoms with Gasteiger partial charge in [0.15, 0.2) is 0 Å². The van der Waals surface area contributed by atoms with Crippen molar-refractivity contribution in [3.63, 3.8) is 0 Å². The molecular formula is H3Al2ClO7S. The van der Waals surface area contributed by atoms with Crippen molar-refractivity contribution in [2.45, 2.75) is 0 Å². The van der Waals surface area contributed by atoms with E-state index in [-0.39, 0.29) is 63.6 Å². The molecule has 0 aromatic carbocycles. The molecule has 0 bridgehead atoms. The van der Waals surface area contributed by atoms with Crippen LogP contribution >= 0.6 is 0 Å². The third kappa shape index (κ3) is 754. The summed E-state index contributed by atoms with van der Waals surface area (Å²) in [5.41, 5.74) is 0. The van der Waals surface area contributed by atoms with Gasteiger partial charge in [-0.25, -0.2) is 0 Å². The third-order valence-corrected chi connectivity index (χ3v) is 0. The fourth-order valence-corrected chi connectivity index (χ4v) is 0. The maximum absolute atomic E-state index is 8.52. The van der Waals surface area contributed by atoms with Crippen molar-refractivity contribution in [3.8, 4) is 0 Å². The van der Waals surface area contributed by atoms with Crippen LogP contribution < -0.4 is 12.4 Å². The fraction of sp³-hybridized carbons (Fsp3) is 0. The molecule has 0 fully saturated rings. The van der Waals surface area contributed by atoms with Gasteiger partial charge in [0.05, 0.1) is 0 Å². The standard InChI is InChI=1S/2Al.ClH.H2O4S.3H2O/c;;;1-5(2,3)4;;;/h;;1H;(H2,1,2,3,4);3*1H2/q2*+3;;;;;/p-6. The molecule has 3 N–H and O–H groups in total. The first-order valence-electron chi connectivity index (χ1n) is 0.667. The average Bonchev–Trinajstić information content (AvgIpc) is 0.722. The van der Waals surface area contributed by atoms with E-state index in [1.807, 2.05) is 0 Å². The van der Waals surface area contributed by atoms with Gasteiger partial charge in [-0.15, -0.1) is 0 Å². The Bertz CT molecular complexity index is 99.6. The molecule has 7 nitrogen and oxygen atoms in total. The Morgan fingerprint density at radius 2 is 0.818 bits per heavy atom. The van der Waals surface area contributed by atoms with Gasteiger partial charge in [0.1, 0.15) is 0 Å². The van der Waals surface area contributed by atoms with E-state index in [0.29, 0.717) is 0 Å². The Hall–Kier alpha value is 1.10. The van der Waals surface area contributed by atoms with Crippen LogP contribution in [-0.2, 0) is 10.4 Å². The van der Waals surface area contributed by atoms with E-state index in [2.05, 4.69) is 0 Å². The Morgan fingerprint density at radius 3 is 0.818 bits per heavy atom. The van der Waals surface area contributed by atoms with Gasteiger partial charge in [-0.2, -0.15) is 0 Å². The molecular weight excluding hydrogens is 233 g/mol. The van der Waals surface area contributed by atoms with Crippen LogP contribution in [0.4, 0.5) is 0 Å². The molecule has 0 aliphatic heterocycles. The van der Waals surface area contributed by atoms with E-state index in [4.69, 9.17) is 17.5 Å². The van der Waals surface area contributed by atoms with Crippen molar-refractivity contribution in [1.29, 1.82) is 0 Å². The van der Waals surface area contributed by atoms with E-state index >= 15 is 0 Å². The first-order chi connectivity index (χ1) is 2.00. The summed E-state index contributed by atoms with van der Waals surface area (Å²) in [6.07, 6.45) is 0. The van der Waals surface area contributed by atoms with Crippen molar-refractivity contribution in [2.24, 2.45) is 0 Å². The maximum atomic E-state index is 8.52. The topological polar surface area (TPSA) is 170 Å². The normalized spacial score (nSPS) is 5.27. The van der Waals surface area contributed by atoms with Crippen LogP contribution in [0.3, 0.4) is 0 Å². The number of hydrogen-bond donors (Lipinski definition) is 0. The average molecular weight is 237 g/mol. The molecule has 0 radical (unpaired) electrons. The summed E-state index contributed by atoms with van der Waals surface area (Å²) in [7, 11) is -5.17. The van der Waals surface area contributed by atoms with Crippen molar-refractivity contribution < 1.29 is 46.4 Å². The third-order valence-electron chi connectivity index (χ3n) is 0. The zero-order valence-electron chi connectivity index (χ0n) is 4.92. The zero-order valence-corrected chi connectivity index (χ0v) is 8.80. The molecule has 0 rings (SSSR count). The molecule has 0 spiro atoms. The molecule has 0 heterocycles. The molecule has 0 amide bonds. The van der Waals surface area contributed by atoms with Crippen LogP contribution in [0, 0.1) is 0 Å². The van der Waals surface area contributed by atoms with Gasteiger partial charge in [0, 0.05) is 10.4 Å². The largest absolute Gasteiger partial charge is 3.00 e. The maximum Gasteiger partial charge on any atom is 3.00 e. The summed E-state index contributed by atoms with van der Waals surface area (Å²) >= 11 is 0. The second-order valence-electron chi connectivity index (χ2n) is 0.408. The van der Waals surface area contributed by atoms with Gasteiger partial charge in [0.25, 0.3) is 0 Å². The molecule has 0 atom stereocenters. The summed E-state index contributed by atoms with van der Waals surface area (Å²) in [5.74, 6) is 0. The number of rotatable bonds is 0. The monoisotopic (exact) mass is 236 g/mol. The molecule has 0 aliphatic rings. The van der Waals surface area contributed by atoms with Crippen LogP contribution in [-0.4, -0.2) is 68.7 Å². The molecule has 0 saturated carbocycles. The molecule has 0 aromatic heterocycles. The minimum Gasteiger partial charge on any atom is -1.00 e. The Kier molecular flexibility index (Phi) is 117. The smallest absolute Gasteiger partial charge is 1.00 e. The summed E-state index contributed by atoms with van der Waals surface area (Å²) in [4.78, 5) is 0. The first kappa shape index (κ1) is 57.3. The second-order valence-corrected chi connectivity index (χ2v) is 1.22. The molecule has 64 valence electrons. The van der Waals surface area contributed by atoms with Crippen LogP contribution in [0.1, 0.15) is 0 Å². The van der Waals surface area contributed by atoms with Crippen molar-refractivity contribution in [2.75, 3.05) is 0 Å². The van der Waals surface area contributed by atoms with Crippen LogP contribution in [0.2, 0.25) is 0 Å². The zero-order chi connectivity index (χ0) is 4.50. The second kappa shape index (κ2) is 22.5. The number of halogens is 1. The van der Waals surface area contributed by atoms with Crippen molar-refractivity contribution in [3.05, 3.63) is 0 Å². The summed E-state index contributed by atoms with van der Waals surface area (Å²) in [6, 6.07) is 0. The van der Waals surface area contributed by atoms with Gasteiger partial charge >= 0.3 is 34.7 Å². The van der Waals surface area contributed by atoms with Crippen LogP contribution in [0.15, 0.2) is 0 Å². The molecule has 11 heteroatoms. The Labute approximate surface area is 91.3 Å². The van der Waals surface area contributed by atoms with Crippen LogP contribution in [0.5, 0.6) is 0 Å². The van der Waals surface area contributed by atoms with Gasteiger partial charge in [-0.1, -0.05) is 0 Å². The van der Waals surface area contributed by atoms with E-state index in [0.717, 1.165) is 0 Å². The fourth-order valence-electron chi connectivity index (χ4n) is 0. The van der Waals surface area contributed by atoms with Crippen molar-refractivity contribution in [1.82, 2.24) is 0 Å². The molecule has 0 saturated heterocycles. The Morgan fingerprint density at radius 1 is 0.818 bits per heavy atom. The van der Waals surface area contributed by atoms with Crippen LogP contribution in [0.25, 0.3) is 0 Å². The summed E-state index contributed by atoms with van der Waals surface area (Å²) in [6.45, 7) is 0. The number of hydrogen-bond acceptors (Lipinski definition) is 7.